The van der Waals surface area contributed by atoms with Crippen molar-refractivity contribution in [3.63, 3.8) is 0 Å². The van der Waals surface area contributed by atoms with E-state index in [1.54, 1.807) is 0 Å². The Balaban J connectivity index is 1.72. The van der Waals surface area contributed by atoms with E-state index in [1.807, 2.05) is 0 Å². The van der Waals surface area contributed by atoms with Gasteiger partial charge in [-0.2, -0.15) is 0 Å². The molecule has 0 unspecified atom stereocenters. The van der Waals surface area contributed by atoms with E-state index in [1.165, 1.54) is 0 Å². The molecule has 1 aliphatic rings. The number of fused-ring (bicyclic) bond motifs is 1. The molecule has 0 atom stereocenters. The summed E-state index contributed by atoms with van der Waals surface area (Å²) in [4.78, 5) is 37.7. The number of imide groups is 1. The van der Waals surface area contributed by atoms with Gasteiger partial charge in [0.15, 0.2) is 0 Å². The monoisotopic (exact) mass is 517 g/mol. The predicted octanol–water partition coefficient (Wildman–Crippen LogP) is 2.48. The lowest BCUT2D eigenvalue weighted by molar-refractivity contribution is -0.145. The highest BCUT2D eigenvalue weighted by atomic mass is 35.5. The average molecular weight is 519 g/mol. The van der Waals surface area contributed by atoms with Crippen LogP contribution in [0, 0.1) is 0 Å². The van der Waals surface area contributed by atoms with Gasteiger partial charge in [-0.05, 0) is 0 Å². The van der Waals surface area contributed by atoms with Gasteiger partial charge in [-0.15, -0.1) is 0 Å². The molecule has 13 heteroatoms. The van der Waals surface area contributed by atoms with Crippen LogP contribution in [0.1, 0.15) is 20.7 Å². The SMILES string of the molecule is O=C(CN1C(=O)c2c(Cl)c(Cl)c(Cl)c(Cl)c2C1=O)OCCOCCOCCOCCO. The first-order valence-corrected chi connectivity index (χ1v) is 10.5. The third-order valence-corrected chi connectivity index (χ3v) is 5.74. The molecule has 0 spiro atoms. The zero-order valence-corrected chi connectivity index (χ0v) is 19.2. The van der Waals surface area contributed by atoms with Crippen LogP contribution in [-0.2, 0) is 23.7 Å². The lowest BCUT2D eigenvalue weighted by Crippen LogP contribution is -2.36. The molecule has 9 nitrogen and oxygen atoms in total. The molecule has 1 heterocycles. The van der Waals surface area contributed by atoms with Gasteiger partial charge in [0.1, 0.15) is 13.2 Å². The summed E-state index contributed by atoms with van der Waals surface area (Å²) in [5.74, 6) is -2.46. The third kappa shape index (κ3) is 6.66. The van der Waals surface area contributed by atoms with Gasteiger partial charge in [0.05, 0.1) is 77.5 Å². The summed E-state index contributed by atoms with van der Waals surface area (Å²) >= 11 is 23.9. The first kappa shape index (κ1) is 26.1. The molecule has 2 amide bonds. The number of aliphatic hydroxyl groups is 1. The molecule has 2 rings (SSSR count). The van der Waals surface area contributed by atoms with Gasteiger partial charge < -0.3 is 24.1 Å². The molecular formula is C18H19Cl4NO8. The quantitative estimate of drug-likeness (QED) is 0.139. The Kier molecular flexibility index (Phi) is 10.7. The van der Waals surface area contributed by atoms with Crippen LogP contribution < -0.4 is 0 Å². The van der Waals surface area contributed by atoms with E-state index in [0.29, 0.717) is 24.7 Å². The number of nitrogens with zero attached hydrogens (tertiary/aromatic N) is 1. The van der Waals surface area contributed by atoms with Crippen molar-refractivity contribution < 1.29 is 38.4 Å². The van der Waals surface area contributed by atoms with Crippen LogP contribution in [0.25, 0.3) is 0 Å². The van der Waals surface area contributed by atoms with Crippen molar-refractivity contribution in [1.29, 1.82) is 0 Å². The summed E-state index contributed by atoms with van der Waals surface area (Å²) in [6, 6.07) is 0. The zero-order chi connectivity index (χ0) is 23.0. The van der Waals surface area contributed by atoms with Crippen molar-refractivity contribution >= 4 is 64.2 Å². The smallest absolute Gasteiger partial charge is 0.326 e. The minimum Gasteiger partial charge on any atom is -0.462 e. The second-order valence-corrected chi connectivity index (χ2v) is 7.50. The number of aliphatic hydroxyl groups excluding tert-OH is 1. The van der Waals surface area contributed by atoms with Crippen LogP contribution >= 0.6 is 46.4 Å². The van der Waals surface area contributed by atoms with Crippen molar-refractivity contribution in [2.45, 2.75) is 0 Å². The number of hydrogen-bond acceptors (Lipinski definition) is 8. The fraction of sp³-hybridized carbons (Fsp3) is 0.500. The molecular weight excluding hydrogens is 500 g/mol. The maximum atomic E-state index is 12.5. The molecule has 0 radical (unpaired) electrons. The molecule has 172 valence electrons. The second-order valence-electron chi connectivity index (χ2n) is 5.98. The lowest BCUT2D eigenvalue weighted by Gasteiger charge is -2.13. The van der Waals surface area contributed by atoms with Crippen LogP contribution in [0.5, 0.6) is 0 Å². The van der Waals surface area contributed by atoms with Crippen molar-refractivity contribution in [3.8, 4) is 0 Å². The molecule has 1 aromatic carbocycles. The van der Waals surface area contributed by atoms with Crippen molar-refractivity contribution in [2.75, 3.05) is 59.4 Å². The van der Waals surface area contributed by atoms with Crippen molar-refractivity contribution in [3.05, 3.63) is 31.2 Å². The fourth-order valence-electron chi connectivity index (χ4n) is 2.53. The molecule has 1 aromatic rings. The summed E-state index contributed by atoms with van der Waals surface area (Å²) in [7, 11) is 0. The van der Waals surface area contributed by atoms with Gasteiger partial charge in [0.2, 0.25) is 0 Å². The number of rotatable bonds is 13. The number of carbonyl (C=O) groups excluding carboxylic acids is 3. The van der Waals surface area contributed by atoms with Gasteiger partial charge in [-0.25, -0.2) is 0 Å². The summed E-state index contributed by atoms with van der Waals surface area (Å²) in [5, 5.41) is 7.80. The van der Waals surface area contributed by atoms with Crippen LogP contribution in [0.4, 0.5) is 0 Å². The predicted molar refractivity (Wildman–Crippen MR) is 112 cm³/mol. The van der Waals surface area contributed by atoms with E-state index in [-0.39, 0.29) is 64.3 Å². The average Bonchev–Trinajstić information content (AvgIpc) is 2.99. The molecule has 0 fully saturated rings. The Bertz CT molecular complexity index is 789. The van der Waals surface area contributed by atoms with Gasteiger partial charge in [-0.1, -0.05) is 46.4 Å². The van der Waals surface area contributed by atoms with Gasteiger partial charge in [-0.3, -0.25) is 19.3 Å². The van der Waals surface area contributed by atoms with Gasteiger partial charge in [0.25, 0.3) is 11.8 Å². The number of benzene rings is 1. The molecule has 0 bridgehead atoms. The number of ether oxygens (including phenoxy) is 4. The molecule has 0 saturated carbocycles. The Morgan fingerprint density at radius 3 is 1.58 bits per heavy atom. The second kappa shape index (κ2) is 12.8. The Morgan fingerprint density at radius 1 is 0.710 bits per heavy atom. The van der Waals surface area contributed by atoms with Crippen LogP contribution in [0.3, 0.4) is 0 Å². The maximum Gasteiger partial charge on any atom is 0.326 e. The zero-order valence-electron chi connectivity index (χ0n) is 16.1. The highest BCUT2D eigenvalue weighted by Gasteiger charge is 2.42. The van der Waals surface area contributed by atoms with Crippen molar-refractivity contribution in [2.24, 2.45) is 0 Å². The minimum atomic E-state index is -0.821. The third-order valence-electron chi connectivity index (χ3n) is 3.94. The van der Waals surface area contributed by atoms with Gasteiger partial charge in [0, 0.05) is 0 Å². The van der Waals surface area contributed by atoms with Gasteiger partial charge >= 0.3 is 5.97 Å². The van der Waals surface area contributed by atoms with E-state index in [4.69, 9.17) is 70.5 Å². The minimum absolute atomic E-state index is 0.0426. The summed E-state index contributed by atoms with van der Waals surface area (Å²) in [5.41, 5.74) is -0.409. The highest BCUT2D eigenvalue weighted by molar-refractivity contribution is 6.55. The molecule has 0 aromatic heterocycles. The first-order chi connectivity index (χ1) is 14.8. The lowest BCUT2D eigenvalue weighted by atomic mass is 10.1. The van der Waals surface area contributed by atoms with Crippen LogP contribution in [0.2, 0.25) is 20.1 Å². The highest BCUT2D eigenvalue weighted by Crippen LogP contribution is 2.44. The van der Waals surface area contributed by atoms with E-state index >= 15 is 0 Å². The number of hydrogen-bond donors (Lipinski definition) is 1. The van der Waals surface area contributed by atoms with E-state index in [2.05, 4.69) is 0 Å². The number of carbonyl (C=O) groups is 3. The first-order valence-electron chi connectivity index (χ1n) is 9.03. The number of esters is 1. The molecule has 1 aliphatic heterocycles. The molecule has 0 aliphatic carbocycles. The van der Waals surface area contributed by atoms with Crippen LogP contribution in [-0.4, -0.2) is 87.2 Å². The topological polar surface area (TPSA) is 112 Å². The summed E-state index contributed by atoms with van der Waals surface area (Å²) < 4.78 is 20.4. The van der Waals surface area contributed by atoms with E-state index < -0.39 is 24.3 Å². The molecule has 1 N–H and O–H groups in total. The molecule has 0 saturated heterocycles. The fourth-order valence-corrected chi connectivity index (χ4v) is 3.55. The Morgan fingerprint density at radius 2 is 1.13 bits per heavy atom. The maximum absolute atomic E-state index is 12.5. The van der Waals surface area contributed by atoms with Crippen LogP contribution in [0.15, 0.2) is 0 Å². The summed E-state index contributed by atoms with van der Waals surface area (Å²) in [6.45, 7) is 0.917. The van der Waals surface area contributed by atoms with E-state index in [9.17, 15) is 14.4 Å². The number of halogens is 4. The Hall–Kier alpha value is -1.17. The Labute approximate surface area is 198 Å². The summed E-state index contributed by atoms with van der Waals surface area (Å²) in [6.07, 6.45) is 0. The standard InChI is InChI=1S/C18H19Cl4NO8/c19-13-11-12(14(20)16(22)15(13)21)18(27)23(17(11)26)9-10(25)31-8-7-30-6-5-29-4-3-28-2-1-24/h24H,1-9H2. The van der Waals surface area contributed by atoms with Crippen molar-refractivity contribution in [1.82, 2.24) is 4.90 Å². The number of amides is 2. The van der Waals surface area contributed by atoms with E-state index in [0.717, 1.165) is 0 Å². The normalized spacial score (nSPS) is 13.1. The molecule has 31 heavy (non-hydrogen) atoms. The largest absolute Gasteiger partial charge is 0.462 e.